The van der Waals surface area contributed by atoms with E-state index in [1.54, 1.807) is 6.07 Å². The lowest BCUT2D eigenvalue weighted by Gasteiger charge is -2.34. The molecule has 132 valence electrons. The first kappa shape index (κ1) is 17.3. The topological polar surface area (TPSA) is 72.8 Å². The van der Waals surface area contributed by atoms with Gasteiger partial charge in [0.2, 0.25) is 5.91 Å². The van der Waals surface area contributed by atoms with Crippen LogP contribution < -0.4 is 5.32 Å². The molecule has 3 N–H and O–H groups in total. The molecule has 1 amide bonds. The van der Waals surface area contributed by atoms with E-state index < -0.39 is 0 Å². The van der Waals surface area contributed by atoms with Gasteiger partial charge in [-0.05, 0) is 37.1 Å². The molecule has 1 fully saturated rings. The minimum atomic E-state index is -0.145. The van der Waals surface area contributed by atoms with E-state index >= 15 is 0 Å². The smallest absolute Gasteiger partial charge is 0.237 e. The number of phenols is 2. The van der Waals surface area contributed by atoms with E-state index in [-0.39, 0.29) is 30.0 Å². The van der Waals surface area contributed by atoms with Gasteiger partial charge in [-0.1, -0.05) is 36.8 Å². The average molecular weight is 340 g/mol. The quantitative estimate of drug-likeness (QED) is 0.782. The lowest BCUT2D eigenvalue weighted by molar-refractivity contribution is -0.128. The minimum Gasteiger partial charge on any atom is -0.508 e. The van der Waals surface area contributed by atoms with Crippen LogP contribution in [0.3, 0.4) is 0 Å². The minimum absolute atomic E-state index is 0.00823. The van der Waals surface area contributed by atoms with Gasteiger partial charge in [0.05, 0.1) is 6.04 Å². The van der Waals surface area contributed by atoms with Gasteiger partial charge in [0, 0.05) is 24.7 Å². The normalized spacial score (nSPS) is 18.0. The van der Waals surface area contributed by atoms with Gasteiger partial charge < -0.3 is 15.5 Å². The summed E-state index contributed by atoms with van der Waals surface area (Å²) in [6.07, 6.45) is 3.00. The van der Waals surface area contributed by atoms with Crippen LogP contribution in [-0.4, -0.2) is 33.6 Å². The fourth-order valence-corrected chi connectivity index (χ4v) is 3.30. The zero-order chi connectivity index (χ0) is 17.6. The van der Waals surface area contributed by atoms with Gasteiger partial charge in [0.25, 0.3) is 0 Å². The molecule has 1 aliphatic rings. The van der Waals surface area contributed by atoms with Crippen molar-refractivity contribution in [3.63, 3.8) is 0 Å². The number of rotatable bonds is 5. The van der Waals surface area contributed by atoms with Crippen molar-refractivity contribution in [3.05, 3.63) is 59.7 Å². The molecule has 0 bridgehead atoms. The van der Waals surface area contributed by atoms with Gasteiger partial charge in [0.1, 0.15) is 11.5 Å². The number of carbonyl (C=O) groups excluding carboxylic acids is 1. The van der Waals surface area contributed by atoms with E-state index in [1.807, 2.05) is 18.2 Å². The maximum absolute atomic E-state index is 12.7. The molecule has 0 aromatic heterocycles. The summed E-state index contributed by atoms with van der Waals surface area (Å²) in [4.78, 5) is 14.9. The second-order valence-corrected chi connectivity index (χ2v) is 6.50. The second-order valence-electron chi connectivity index (χ2n) is 6.50. The lowest BCUT2D eigenvalue weighted by Crippen LogP contribution is -2.48. The van der Waals surface area contributed by atoms with Gasteiger partial charge >= 0.3 is 0 Å². The van der Waals surface area contributed by atoms with E-state index in [1.165, 1.54) is 17.7 Å². The Morgan fingerprint density at radius 3 is 2.68 bits per heavy atom. The first-order valence-electron chi connectivity index (χ1n) is 8.70. The molecule has 25 heavy (non-hydrogen) atoms. The standard InChI is InChI=1S/C20H24N2O3/c23-17-10-9-16(19(24)12-17)13-21-20(25)18-8-4-5-11-22(18)14-15-6-2-1-3-7-15/h1-3,6-7,9-10,12,18,23-24H,4-5,8,11,13-14H2,(H,21,25). The number of piperidine rings is 1. The molecule has 2 aromatic carbocycles. The molecule has 3 rings (SSSR count). The Morgan fingerprint density at radius 1 is 1.12 bits per heavy atom. The maximum atomic E-state index is 12.7. The number of nitrogens with one attached hydrogen (secondary N) is 1. The predicted molar refractivity (Wildman–Crippen MR) is 96.1 cm³/mol. The molecular formula is C20H24N2O3. The zero-order valence-corrected chi connectivity index (χ0v) is 14.2. The fraction of sp³-hybridized carbons (Fsp3) is 0.350. The molecule has 0 saturated carbocycles. The van der Waals surface area contributed by atoms with Gasteiger partial charge in [-0.25, -0.2) is 0 Å². The molecule has 0 aliphatic carbocycles. The lowest BCUT2D eigenvalue weighted by atomic mass is 10.00. The highest BCUT2D eigenvalue weighted by Gasteiger charge is 2.28. The first-order chi connectivity index (χ1) is 12.1. The molecule has 1 atom stereocenters. The molecule has 1 unspecified atom stereocenters. The summed E-state index contributed by atoms with van der Waals surface area (Å²) < 4.78 is 0. The van der Waals surface area contributed by atoms with Crippen molar-refractivity contribution in [2.75, 3.05) is 6.54 Å². The van der Waals surface area contributed by atoms with E-state index in [2.05, 4.69) is 22.3 Å². The fourth-order valence-electron chi connectivity index (χ4n) is 3.30. The Morgan fingerprint density at radius 2 is 1.92 bits per heavy atom. The molecule has 5 heteroatoms. The third-order valence-electron chi connectivity index (χ3n) is 4.67. The van der Waals surface area contributed by atoms with Crippen LogP contribution in [0.1, 0.15) is 30.4 Å². The summed E-state index contributed by atoms with van der Waals surface area (Å²) in [5, 5.41) is 22.1. The Balaban J connectivity index is 1.62. The number of phenolic OH excluding ortho intramolecular Hbond substituents is 2. The number of likely N-dealkylation sites (tertiary alicyclic amines) is 1. The van der Waals surface area contributed by atoms with Crippen LogP contribution >= 0.6 is 0 Å². The highest BCUT2D eigenvalue weighted by atomic mass is 16.3. The highest BCUT2D eigenvalue weighted by Crippen LogP contribution is 2.23. The summed E-state index contributed by atoms with van der Waals surface area (Å²) in [6, 6.07) is 14.4. The Hall–Kier alpha value is -2.53. The van der Waals surface area contributed by atoms with Crippen LogP contribution in [0.2, 0.25) is 0 Å². The van der Waals surface area contributed by atoms with Crippen LogP contribution in [0, 0.1) is 0 Å². The first-order valence-corrected chi connectivity index (χ1v) is 8.70. The number of benzene rings is 2. The van der Waals surface area contributed by atoms with Crippen molar-refractivity contribution in [2.24, 2.45) is 0 Å². The second kappa shape index (κ2) is 8.03. The van der Waals surface area contributed by atoms with Crippen LogP contribution in [0.25, 0.3) is 0 Å². The molecule has 2 aromatic rings. The van der Waals surface area contributed by atoms with Crippen molar-refractivity contribution >= 4 is 5.91 Å². The summed E-state index contributed by atoms with van der Waals surface area (Å²) in [5.74, 6) is -0.0120. The van der Waals surface area contributed by atoms with Crippen molar-refractivity contribution in [1.29, 1.82) is 0 Å². The molecule has 5 nitrogen and oxygen atoms in total. The third kappa shape index (κ3) is 4.51. The number of hydrogen-bond donors (Lipinski definition) is 3. The zero-order valence-electron chi connectivity index (χ0n) is 14.2. The predicted octanol–water partition coefficient (Wildman–Crippen LogP) is 2.77. The van der Waals surface area contributed by atoms with Gasteiger partial charge in [-0.15, -0.1) is 0 Å². The van der Waals surface area contributed by atoms with Crippen LogP contribution in [0.5, 0.6) is 11.5 Å². The van der Waals surface area contributed by atoms with Gasteiger partial charge in [-0.2, -0.15) is 0 Å². The summed E-state index contributed by atoms with van der Waals surface area (Å²) in [7, 11) is 0. The summed E-state index contributed by atoms with van der Waals surface area (Å²) >= 11 is 0. The molecule has 0 radical (unpaired) electrons. The van der Waals surface area contributed by atoms with Crippen LogP contribution in [0.4, 0.5) is 0 Å². The van der Waals surface area contributed by atoms with Crippen molar-refractivity contribution in [1.82, 2.24) is 10.2 Å². The summed E-state index contributed by atoms with van der Waals surface area (Å²) in [6.45, 7) is 1.93. The number of hydrogen-bond acceptors (Lipinski definition) is 4. The monoisotopic (exact) mass is 340 g/mol. The van der Waals surface area contributed by atoms with Crippen LogP contribution in [-0.2, 0) is 17.9 Å². The molecule has 1 aliphatic heterocycles. The maximum Gasteiger partial charge on any atom is 0.237 e. The largest absolute Gasteiger partial charge is 0.508 e. The molecular weight excluding hydrogens is 316 g/mol. The number of nitrogens with zero attached hydrogens (tertiary/aromatic N) is 1. The van der Waals surface area contributed by atoms with Crippen molar-refractivity contribution in [2.45, 2.75) is 38.4 Å². The Kier molecular flexibility index (Phi) is 5.56. The van der Waals surface area contributed by atoms with E-state index in [4.69, 9.17) is 0 Å². The SMILES string of the molecule is O=C(NCc1ccc(O)cc1O)C1CCCCN1Cc1ccccc1. The Labute approximate surface area is 147 Å². The number of amides is 1. The number of aromatic hydroxyl groups is 2. The molecule has 1 heterocycles. The molecule has 0 spiro atoms. The van der Waals surface area contributed by atoms with E-state index in [0.29, 0.717) is 5.56 Å². The highest BCUT2D eigenvalue weighted by molar-refractivity contribution is 5.81. The van der Waals surface area contributed by atoms with Gasteiger partial charge in [0.15, 0.2) is 0 Å². The number of carbonyl (C=O) groups is 1. The third-order valence-corrected chi connectivity index (χ3v) is 4.67. The van der Waals surface area contributed by atoms with Crippen molar-refractivity contribution in [3.8, 4) is 11.5 Å². The van der Waals surface area contributed by atoms with E-state index in [0.717, 1.165) is 32.4 Å². The van der Waals surface area contributed by atoms with Crippen molar-refractivity contribution < 1.29 is 15.0 Å². The Bertz CT molecular complexity index is 718. The molecule has 1 saturated heterocycles. The summed E-state index contributed by atoms with van der Waals surface area (Å²) in [5.41, 5.74) is 1.80. The van der Waals surface area contributed by atoms with E-state index in [9.17, 15) is 15.0 Å². The van der Waals surface area contributed by atoms with Gasteiger partial charge in [-0.3, -0.25) is 9.69 Å². The van der Waals surface area contributed by atoms with Crippen LogP contribution in [0.15, 0.2) is 48.5 Å². The average Bonchev–Trinajstić information content (AvgIpc) is 2.62.